The monoisotopic (exact) mass is 686 g/mol. The Balaban J connectivity index is 2.22. The number of rotatable bonds is 11. The van der Waals surface area contributed by atoms with Crippen molar-refractivity contribution in [2.75, 3.05) is 0 Å². The fourth-order valence-electron chi connectivity index (χ4n) is 5.99. The highest BCUT2D eigenvalue weighted by Crippen LogP contribution is 2.54. The number of carbonyl (C=O) groups is 2. The zero-order chi connectivity index (χ0) is 30.1. The van der Waals surface area contributed by atoms with Crippen LogP contribution >= 0.6 is 31.9 Å². The van der Waals surface area contributed by atoms with Crippen LogP contribution in [0.15, 0.2) is 39.3 Å². The first-order valence-electron chi connectivity index (χ1n) is 14.3. The number of esters is 1. The molecule has 6 nitrogen and oxygen atoms in total. The van der Waals surface area contributed by atoms with Gasteiger partial charge >= 0.3 is 11.9 Å². The van der Waals surface area contributed by atoms with E-state index in [4.69, 9.17) is 4.74 Å². The summed E-state index contributed by atoms with van der Waals surface area (Å²) in [6.45, 7) is 8.22. The van der Waals surface area contributed by atoms with Gasteiger partial charge in [0, 0.05) is 36.8 Å². The molecule has 1 heterocycles. The fourth-order valence-corrected chi connectivity index (χ4v) is 7.61. The van der Waals surface area contributed by atoms with Gasteiger partial charge in [0.1, 0.15) is 11.5 Å². The van der Waals surface area contributed by atoms with Crippen LogP contribution in [0.1, 0.15) is 113 Å². The molecule has 0 saturated carbocycles. The van der Waals surface area contributed by atoms with E-state index in [1.54, 1.807) is 18.2 Å². The standard InChI is InChI=1S/C33H36Br2O6/c1-5-9-19-25(16-27(36)21(11-7-3)29(19)34)33(24-14-13-18(31(38)39)15-23(24)32(40)41-33)26-17-28(37)22(12-8-4)30(35)20(26)10-6-2/h13-17,36-37H,5-12H2,1-4H3,(H,38,39). The van der Waals surface area contributed by atoms with Crippen molar-refractivity contribution in [1.82, 2.24) is 0 Å². The molecule has 0 unspecified atom stereocenters. The molecule has 218 valence electrons. The Labute approximate surface area is 258 Å². The van der Waals surface area contributed by atoms with Crippen LogP contribution in [0.25, 0.3) is 0 Å². The summed E-state index contributed by atoms with van der Waals surface area (Å²) < 4.78 is 7.96. The molecule has 0 amide bonds. The number of halogens is 2. The Bertz CT molecular complexity index is 1440. The maximum Gasteiger partial charge on any atom is 0.340 e. The number of carboxylic acids is 1. The minimum Gasteiger partial charge on any atom is -0.508 e. The zero-order valence-electron chi connectivity index (χ0n) is 23.9. The number of cyclic esters (lactones) is 1. The number of fused-ring (bicyclic) bond motifs is 1. The van der Waals surface area contributed by atoms with E-state index in [1.807, 2.05) is 13.8 Å². The first kappa shape index (κ1) is 31.1. The number of carbonyl (C=O) groups excluding carboxylic acids is 1. The lowest BCUT2D eigenvalue weighted by Crippen LogP contribution is -2.33. The summed E-state index contributed by atoms with van der Waals surface area (Å²) in [5.41, 5.74) is 3.62. The van der Waals surface area contributed by atoms with Crippen LogP contribution in [0.2, 0.25) is 0 Å². The summed E-state index contributed by atoms with van der Waals surface area (Å²) in [6, 6.07) is 7.83. The van der Waals surface area contributed by atoms with Crippen molar-refractivity contribution in [3.63, 3.8) is 0 Å². The Morgan fingerprint density at radius 3 is 1.59 bits per heavy atom. The van der Waals surface area contributed by atoms with Gasteiger partial charge in [-0.25, -0.2) is 9.59 Å². The molecule has 0 saturated heterocycles. The molecule has 3 aromatic rings. The summed E-state index contributed by atoms with van der Waals surface area (Å²) in [5, 5.41) is 32.3. The molecule has 0 spiro atoms. The van der Waals surface area contributed by atoms with Crippen LogP contribution in [-0.2, 0) is 36.0 Å². The molecule has 4 rings (SSSR count). The normalized spacial score (nSPS) is 13.8. The third kappa shape index (κ3) is 5.29. The molecule has 3 N–H and O–H groups in total. The lowest BCUT2D eigenvalue weighted by molar-refractivity contribution is 0.0244. The maximum atomic E-state index is 13.7. The molecule has 41 heavy (non-hydrogen) atoms. The first-order chi connectivity index (χ1) is 19.6. The van der Waals surface area contributed by atoms with E-state index in [1.165, 1.54) is 12.1 Å². The van der Waals surface area contributed by atoms with Crippen molar-refractivity contribution in [2.45, 2.75) is 84.7 Å². The minimum absolute atomic E-state index is 0.0243. The fraction of sp³-hybridized carbons (Fsp3) is 0.394. The second kappa shape index (κ2) is 12.6. The molecule has 0 bridgehead atoms. The Morgan fingerprint density at radius 1 is 0.732 bits per heavy atom. The SMILES string of the molecule is CCCc1c(O)cc(C2(c3cc(O)c(CCC)c(Br)c3CCC)OC(=O)c3cc(C(=O)O)ccc32)c(CCC)c1Br. The zero-order valence-corrected chi connectivity index (χ0v) is 27.0. The van der Waals surface area contributed by atoms with Gasteiger partial charge in [-0.3, -0.25) is 0 Å². The summed E-state index contributed by atoms with van der Waals surface area (Å²) in [7, 11) is 0. The number of aromatic hydroxyl groups is 2. The Kier molecular flexibility index (Phi) is 9.54. The largest absolute Gasteiger partial charge is 0.508 e. The molecule has 1 aliphatic rings. The third-order valence-corrected chi connectivity index (χ3v) is 9.68. The van der Waals surface area contributed by atoms with Gasteiger partial charge in [0.05, 0.1) is 11.1 Å². The van der Waals surface area contributed by atoms with E-state index < -0.39 is 17.5 Å². The van der Waals surface area contributed by atoms with Crippen LogP contribution < -0.4 is 0 Å². The number of carboxylic acid groups (broad SMARTS) is 1. The number of phenols is 2. The quantitative estimate of drug-likeness (QED) is 0.175. The number of hydrogen-bond acceptors (Lipinski definition) is 5. The lowest BCUT2D eigenvalue weighted by Gasteiger charge is -2.35. The highest BCUT2D eigenvalue weighted by molar-refractivity contribution is 9.11. The topological polar surface area (TPSA) is 104 Å². The highest BCUT2D eigenvalue weighted by atomic mass is 79.9. The van der Waals surface area contributed by atoms with Crippen LogP contribution in [0.4, 0.5) is 0 Å². The minimum atomic E-state index is -1.53. The van der Waals surface area contributed by atoms with Crippen LogP contribution in [0, 0.1) is 0 Å². The predicted molar refractivity (Wildman–Crippen MR) is 166 cm³/mol. The summed E-state index contributed by atoms with van der Waals surface area (Å²) in [4.78, 5) is 25.5. The smallest absolute Gasteiger partial charge is 0.340 e. The van der Waals surface area contributed by atoms with Crippen LogP contribution in [-0.4, -0.2) is 27.3 Å². The van der Waals surface area contributed by atoms with Gasteiger partial charge in [0.2, 0.25) is 0 Å². The third-order valence-electron chi connectivity index (χ3n) is 7.76. The van der Waals surface area contributed by atoms with Crippen molar-refractivity contribution >= 4 is 43.8 Å². The van der Waals surface area contributed by atoms with Crippen LogP contribution in [0.5, 0.6) is 11.5 Å². The summed E-state index contributed by atoms with van der Waals surface area (Å²) in [6.07, 6.45) is 5.85. The van der Waals surface area contributed by atoms with Crippen molar-refractivity contribution in [3.8, 4) is 11.5 Å². The lowest BCUT2D eigenvalue weighted by atomic mass is 9.74. The number of phenolic OH excluding ortho intramolecular Hbond substituents is 2. The average Bonchev–Trinajstić information content (AvgIpc) is 3.24. The van der Waals surface area contributed by atoms with E-state index in [9.17, 15) is 24.9 Å². The van der Waals surface area contributed by atoms with E-state index in [2.05, 4.69) is 45.7 Å². The van der Waals surface area contributed by atoms with E-state index in [0.717, 1.165) is 56.9 Å². The molecular weight excluding hydrogens is 652 g/mol. The molecule has 0 aliphatic carbocycles. The van der Waals surface area contributed by atoms with E-state index in [-0.39, 0.29) is 22.6 Å². The van der Waals surface area contributed by atoms with Gasteiger partial charge in [0.15, 0.2) is 5.60 Å². The Hall–Kier alpha value is -2.84. The van der Waals surface area contributed by atoms with E-state index >= 15 is 0 Å². The summed E-state index contributed by atoms with van der Waals surface area (Å²) >= 11 is 7.58. The second-order valence-electron chi connectivity index (χ2n) is 10.6. The molecule has 0 radical (unpaired) electrons. The van der Waals surface area contributed by atoms with Gasteiger partial charge in [-0.2, -0.15) is 0 Å². The number of aromatic carboxylic acids is 1. The predicted octanol–water partition coefficient (Wildman–Crippen LogP) is 8.59. The van der Waals surface area contributed by atoms with Gasteiger partial charge in [-0.15, -0.1) is 0 Å². The van der Waals surface area contributed by atoms with Gasteiger partial charge < -0.3 is 20.1 Å². The molecule has 3 aromatic carbocycles. The molecule has 1 aliphatic heterocycles. The van der Waals surface area contributed by atoms with Gasteiger partial charge in [-0.05, 0) is 61.1 Å². The molecule has 0 fully saturated rings. The van der Waals surface area contributed by atoms with Crippen LogP contribution in [0.3, 0.4) is 0 Å². The number of benzene rings is 3. The summed E-state index contributed by atoms with van der Waals surface area (Å²) in [5.74, 6) is -1.63. The average molecular weight is 688 g/mol. The van der Waals surface area contributed by atoms with Gasteiger partial charge in [-0.1, -0.05) is 91.3 Å². The first-order valence-corrected chi connectivity index (χ1v) is 15.8. The molecule has 0 aromatic heterocycles. The second-order valence-corrected chi connectivity index (χ2v) is 12.2. The van der Waals surface area contributed by atoms with E-state index in [0.29, 0.717) is 42.4 Å². The molecule has 8 heteroatoms. The van der Waals surface area contributed by atoms with Crippen molar-refractivity contribution in [2.24, 2.45) is 0 Å². The maximum absolute atomic E-state index is 13.7. The molecule has 0 atom stereocenters. The van der Waals surface area contributed by atoms with Crippen molar-refractivity contribution < 1.29 is 29.6 Å². The van der Waals surface area contributed by atoms with Crippen molar-refractivity contribution in [3.05, 3.63) is 89.3 Å². The van der Waals surface area contributed by atoms with Crippen molar-refractivity contribution in [1.29, 1.82) is 0 Å². The Morgan fingerprint density at radius 2 is 1.17 bits per heavy atom. The number of hydrogen-bond donors (Lipinski definition) is 3. The molecular formula is C33H36Br2O6. The van der Waals surface area contributed by atoms with Gasteiger partial charge in [0.25, 0.3) is 0 Å². The highest BCUT2D eigenvalue weighted by Gasteiger charge is 2.52. The number of ether oxygens (including phenoxy) is 1.